The molecule has 1 fully saturated rings. The Morgan fingerprint density at radius 3 is 2.83 bits per heavy atom. The van der Waals surface area contributed by atoms with Crippen LogP contribution in [0.3, 0.4) is 0 Å². The third-order valence-corrected chi connectivity index (χ3v) is 3.83. The van der Waals surface area contributed by atoms with Gasteiger partial charge in [-0.1, -0.05) is 0 Å². The highest BCUT2D eigenvalue weighted by Gasteiger charge is 2.35. The van der Waals surface area contributed by atoms with Gasteiger partial charge in [0, 0.05) is 29.2 Å². The fourth-order valence-electron chi connectivity index (χ4n) is 1.84. The fraction of sp³-hybridized carbons (Fsp3) is 0.400. The van der Waals surface area contributed by atoms with E-state index < -0.39 is 4.92 Å². The van der Waals surface area contributed by atoms with Gasteiger partial charge in [0.2, 0.25) is 11.7 Å². The number of rotatable bonds is 2. The van der Waals surface area contributed by atoms with E-state index in [9.17, 15) is 14.9 Å². The summed E-state index contributed by atoms with van der Waals surface area (Å²) in [6.07, 6.45) is 1.63. The molecule has 1 amide bonds. The van der Waals surface area contributed by atoms with E-state index in [1.165, 1.54) is 11.1 Å². The van der Waals surface area contributed by atoms with Crippen LogP contribution in [0.1, 0.15) is 12.0 Å². The van der Waals surface area contributed by atoms with Crippen LogP contribution in [0.2, 0.25) is 0 Å². The second kappa shape index (κ2) is 4.81. The molecule has 2 rings (SSSR count). The minimum absolute atomic E-state index is 0.0638. The quantitative estimate of drug-likeness (QED) is 0.473. The van der Waals surface area contributed by atoms with E-state index >= 15 is 0 Å². The van der Waals surface area contributed by atoms with Crippen molar-refractivity contribution in [2.24, 2.45) is 0 Å². The van der Waals surface area contributed by atoms with Crippen molar-refractivity contribution in [2.45, 2.75) is 18.7 Å². The van der Waals surface area contributed by atoms with Crippen molar-refractivity contribution >= 4 is 44.9 Å². The van der Waals surface area contributed by atoms with Crippen LogP contribution in [0, 0.1) is 17.0 Å². The zero-order valence-corrected chi connectivity index (χ0v) is 11.7. The minimum atomic E-state index is -0.530. The van der Waals surface area contributed by atoms with Gasteiger partial charge >= 0.3 is 5.69 Å². The Hall–Kier alpha value is -1.21. The first-order valence-electron chi connectivity index (χ1n) is 5.15. The molecule has 0 saturated carbocycles. The van der Waals surface area contributed by atoms with Crippen LogP contribution in [0.25, 0.3) is 0 Å². The summed E-state index contributed by atoms with van der Waals surface area (Å²) in [5.74, 6) is -0.179. The summed E-state index contributed by atoms with van der Waals surface area (Å²) in [6.45, 7) is 1.85. The fourth-order valence-corrected chi connectivity index (χ4v) is 2.40. The summed E-state index contributed by atoms with van der Waals surface area (Å²) in [5.41, 5.74) is 0.277. The second-order valence-electron chi connectivity index (χ2n) is 3.97. The maximum atomic E-state index is 11.7. The molecule has 0 radical (unpaired) electrons. The number of anilines is 1. The van der Waals surface area contributed by atoms with Crippen LogP contribution < -0.4 is 4.90 Å². The number of carbonyl (C=O) groups is 1. The van der Waals surface area contributed by atoms with Crippen molar-refractivity contribution < 1.29 is 9.72 Å². The van der Waals surface area contributed by atoms with Crippen LogP contribution in [-0.4, -0.2) is 27.7 Å². The molecule has 0 N–H and O–H groups in total. The number of nitrogens with zero attached hydrogens (tertiary/aromatic N) is 3. The molecule has 1 unspecified atom stereocenters. The molecule has 8 heteroatoms. The summed E-state index contributed by atoms with van der Waals surface area (Å²) in [6, 6.07) is 0. The lowest BCUT2D eigenvalue weighted by molar-refractivity contribution is -0.384. The van der Waals surface area contributed by atoms with E-state index in [2.05, 4.69) is 20.9 Å². The highest BCUT2D eigenvalue weighted by atomic mass is 79.9. The van der Waals surface area contributed by atoms with Crippen LogP contribution >= 0.6 is 27.5 Å². The number of nitro groups is 1. The molecular weight excluding hydrogens is 325 g/mol. The predicted molar refractivity (Wildman–Crippen MR) is 69.9 cm³/mol. The number of alkyl halides is 1. The van der Waals surface area contributed by atoms with E-state index in [0.29, 0.717) is 10.0 Å². The first kappa shape index (κ1) is 13.2. The summed E-state index contributed by atoms with van der Waals surface area (Å²) >= 11 is 9.07. The van der Waals surface area contributed by atoms with Crippen LogP contribution in [0.5, 0.6) is 0 Å². The normalized spacial score (nSPS) is 19.4. The van der Waals surface area contributed by atoms with Crippen molar-refractivity contribution in [1.82, 2.24) is 4.98 Å². The molecule has 0 spiro atoms. The van der Waals surface area contributed by atoms with Gasteiger partial charge in [0.05, 0.1) is 10.3 Å². The monoisotopic (exact) mass is 333 g/mol. The lowest BCUT2D eigenvalue weighted by Gasteiger charge is -2.15. The van der Waals surface area contributed by atoms with Crippen molar-refractivity contribution in [3.8, 4) is 0 Å². The summed E-state index contributed by atoms with van der Waals surface area (Å²) in [7, 11) is 0. The Balaban J connectivity index is 2.54. The Morgan fingerprint density at radius 1 is 1.67 bits per heavy atom. The topological polar surface area (TPSA) is 76.3 Å². The summed E-state index contributed by atoms with van der Waals surface area (Å²) in [4.78, 5) is 27.6. The number of hydrogen-bond acceptors (Lipinski definition) is 4. The molecule has 0 aromatic carbocycles. The minimum Gasteiger partial charge on any atom is -0.289 e. The van der Waals surface area contributed by atoms with Crippen molar-refractivity contribution in [2.75, 3.05) is 11.4 Å². The van der Waals surface area contributed by atoms with Gasteiger partial charge in [0.1, 0.15) is 0 Å². The average molecular weight is 335 g/mol. The van der Waals surface area contributed by atoms with Crippen molar-refractivity contribution in [3.63, 3.8) is 0 Å². The first-order valence-corrected chi connectivity index (χ1v) is 6.38. The number of hydrogen-bond donors (Lipinski definition) is 0. The zero-order chi connectivity index (χ0) is 13.4. The average Bonchev–Trinajstić information content (AvgIpc) is 2.61. The molecule has 1 aromatic rings. The molecule has 1 saturated heterocycles. The number of carbonyl (C=O) groups excluding carboxylic acids is 1. The van der Waals surface area contributed by atoms with Gasteiger partial charge in [-0.15, -0.1) is 11.6 Å². The molecule has 96 valence electrons. The van der Waals surface area contributed by atoms with Gasteiger partial charge in [-0.2, -0.15) is 0 Å². The number of halogens is 2. The van der Waals surface area contributed by atoms with Crippen molar-refractivity contribution in [1.29, 1.82) is 0 Å². The lowest BCUT2D eigenvalue weighted by atomic mass is 10.2. The van der Waals surface area contributed by atoms with E-state index in [1.807, 2.05) is 0 Å². The van der Waals surface area contributed by atoms with Gasteiger partial charge in [-0.3, -0.25) is 19.8 Å². The predicted octanol–water partition coefficient (Wildman–Crippen LogP) is 2.40. The first-order chi connectivity index (χ1) is 8.41. The maximum Gasteiger partial charge on any atom is 0.316 e. The number of amides is 1. The van der Waals surface area contributed by atoms with Crippen LogP contribution in [-0.2, 0) is 4.79 Å². The maximum absolute atomic E-state index is 11.7. The molecular formula is C10H9BrClN3O3. The third-order valence-electron chi connectivity index (χ3n) is 2.74. The largest absolute Gasteiger partial charge is 0.316 e. The summed E-state index contributed by atoms with van der Waals surface area (Å²) in [5, 5.41) is 10.8. The van der Waals surface area contributed by atoms with Gasteiger partial charge in [0.25, 0.3) is 0 Å². The molecule has 2 heterocycles. The van der Waals surface area contributed by atoms with Gasteiger partial charge < -0.3 is 0 Å². The lowest BCUT2D eigenvalue weighted by Crippen LogP contribution is -2.26. The molecule has 1 aliphatic heterocycles. The van der Waals surface area contributed by atoms with Gasteiger partial charge in [0.15, 0.2) is 0 Å². The van der Waals surface area contributed by atoms with E-state index in [0.717, 1.165) is 0 Å². The molecule has 1 aromatic heterocycles. The number of pyridine rings is 1. The Morgan fingerprint density at radius 2 is 2.33 bits per heavy atom. The van der Waals surface area contributed by atoms with E-state index in [4.69, 9.17) is 11.6 Å². The van der Waals surface area contributed by atoms with Gasteiger partial charge in [-0.05, 0) is 22.9 Å². The van der Waals surface area contributed by atoms with Crippen LogP contribution in [0.4, 0.5) is 11.5 Å². The number of aromatic nitrogens is 1. The molecule has 0 bridgehead atoms. The van der Waals surface area contributed by atoms with Crippen molar-refractivity contribution in [3.05, 3.63) is 26.3 Å². The SMILES string of the molecule is Cc1c(Br)cnc(N2CC(Cl)CC2=O)c1[N+](=O)[O-]. The van der Waals surface area contributed by atoms with Crippen LogP contribution in [0.15, 0.2) is 10.7 Å². The second-order valence-corrected chi connectivity index (χ2v) is 5.44. The molecule has 18 heavy (non-hydrogen) atoms. The van der Waals surface area contributed by atoms with E-state index in [-0.39, 0.29) is 35.8 Å². The molecule has 1 atom stereocenters. The Bertz CT molecular complexity index is 537. The van der Waals surface area contributed by atoms with E-state index in [1.54, 1.807) is 6.92 Å². The molecule has 6 nitrogen and oxygen atoms in total. The van der Waals surface area contributed by atoms with Gasteiger partial charge in [-0.25, -0.2) is 4.98 Å². The Labute approximate surface area is 116 Å². The summed E-state index contributed by atoms with van der Waals surface area (Å²) < 4.78 is 0.534. The standard InChI is InChI=1S/C10H9BrClN3O3/c1-5-7(11)3-13-10(9(5)15(17)18)14-4-6(12)2-8(14)16/h3,6H,2,4H2,1H3. The molecule has 0 aliphatic carbocycles. The smallest absolute Gasteiger partial charge is 0.289 e. The molecule has 1 aliphatic rings. The highest BCUT2D eigenvalue weighted by molar-refractivity contribution is 9.10. The zero-order valence-electron chi connectivity index (χ0n) is 9.39. The highest BCUT2D eigenvalue weighted by Crippen LogP contribution is 2.35. The Kier molecular flexibility index (Phi) is 3.54. The third kappa shape index (κ3) is 2.20.